The number of hydrogen-bond donors (Lipinski definition) is 1. The smallest absolute Gasteiger partial charge is 0.271 e. The molecule has 0 aliphatic carbocycles. The summed E-state index contributed by atoms with van der Waals surface area (Å²) in [6.07, 6.45) is 2.31. The Bertz CT molecular complexity index is 631. The molecule has 0 saturated carbocycles. The van der Waals surface area contributed by atoms with Crippen molar-refractivity contribution in [1.29, 1.82) is 0 Å². The van der Waals surface area contributed by atoms with Crippen molar-refractivity contribution in [2.24, 2.45) is 0 Å². The third kappa shape index (κ3) is 3.30. The van der Waals surface area contributed by atoms with E-state index in [9.17, 15) is 15.2 Å². The van der Waals surface area contributed by atoms with Crippen molar-refractivity contribution >= 4 is 32.5 Å². The van der Waals surface area contributed by atoms with Crippen LogP contribution in [0.4, 0.5) is 5.69 Å². The normalized spacial score (nSPS) is 12.0. The topological polar surface area (TPSA) is 81.2 Å². The highest BCUT2D eigenvalue weighted by Gasteiger charge is 2.15. The second-order valence-electron chi connectivity index (χ2n) is 5.08. The standard InChI is InChI=1S/C12H14BrN3O3/c1-12(2,17)3-4-15-7-8-5-9(16(18)19)6-10(13)11(8)14-15/h5-7,17H,3-4H2,1-2H3. The number of nitrogens with zero attached hydrogens (tertiary/aromatic N) is 3. The molecule has 19 heavy (non-hydrogen) atoms. The van der Waals surface area contributed by atoms with E-state index in [1.54, 1.807) is 24.7 Å². The molecule has 2 rings (SSSR count). The average Bonchev–Trinajstić information content (AvgIpc) is 2.69. The van der Waals surface area contributed by atoms with Crippen molar-refractivity contribution < 1.29 is 10.0 Å². The minimum atomic E-state index is -0.763. The first-order valence-corrected chi connectivity index (χ1v) is 6.59. The lowest BCUT2D eigenvalue weighted by molar-refractivity contribution is -0.384. The number of aliphatic hydroxyl groups is 1. The van der Waals surface area contributed by atoms with Gasteiger partial charge in [-0.3, -0.25) is 14.8 Å². The lowest BCUT2D eigenvalue weighted by Gasteiger charge is -2.16. The largest absolute Gasteiger partial charge is 0.390 e. The molecule has 7 heteroatoms. The summed E-state index contributed by atoms with van der Waals surface area (Å²) in [6, 6.07) is 2.93. The molecule has 0 atom stereocenters. The first-order chi connectivity index (χ1) is 8.76. The van der Waals surface area contributed by atoms with Gasteiger partial charge in [0, 0.05) is 30.3 Å². The van der Waals surface area contributed by atoms with Crippen LogP contribution in [0.5, 0.6) is 0 Å². The van der Waals surface area contributed by atoms with Crippen molar-refractivity contribution in [2.75, 3.05) is 0 Å². The van der Waals surface area contributed by atoms with E-state index in [4.69, 9.17) is 0 Å². The number of benzene rings is 1. The van der Waals surface area contributed by atoms with Gasteiger partial charge in [0.15, 0.2) is 0 Å². The molecule has 2 aromatic rings. The fourth-order valence-electron chi connectivity index (χ4n) is 1.74. The minimum Gasteiger partial charge on any atom is -0.390 e. The first-order valence-electron chi connectivity index (χ1n) is 5.80. The van der Waals surface area contributed by atoms with Crippen LogP contribution in [0.2, 0.25) is 0 Å². The summed E-state index contributed by atoms with van der Waals surface area (Å²) in [4.78, 5) is 10.4. The predicted molar refractivity (Wildman–Crippen MR) is 75.0 cm³/mol. The number of nitro groups is 1. The Morgan fingerprint density at radius 3 is 2.79 bits per heavy atom. The predicted octanol–water partition coefficient (Wildman–Crippen LogP) is 2.87. The molecule has 0 unspecified atom stereocenters. The number of non-ortho nitro benzene ring substituents is 1. The van der Waals surface area contributed by atoms with Crippen LogP contribution in [0.25, 0.3) is 10.9 Å². The molecule has 1 aromatic heterocycles. The van der Waals surface area contributed by atoms with E-state index < -0.39 is 10.5 Å². The second-order valence-corrected chi connectivity index (χ2v) is 5.93. The number of nitro benzene ring substituents is 1. The number of aryl methyl sites for hydroxylation is 1. The van der Waals surface area contributed by atoms with Crippen LogP contribution in [-0.2, 0) is 6.54 Å². The molecule has 1 N–H and O–H groups in total. The molecule has 0 bridgehead atoms. The maximum Gasteiger partial charge on any atom is 0.271 e. The third-order valence-corrected chi connectivity index (χ3v) is 3.36. The second kappa shape index (κ2) is 4.90. The Balaban J connectivity index is 2.35. The zero-order valence-electron chi connectivity index (χ0n) is 10.6. The first kappa shape index (κ1) is 14.0. The molecule has 102 valence electrons. The van der Waals surface area contributed by atoms with Crippen molar-refractivity contribution in [3.63, 3.8) is 0 Å². The summed E-state index contributed by atoms with van der Waals surface area (Å²) >= 11 is 3.29. The highest BCUT2D eigenvalue weighted by molar-refractivity contribution is 9.10. The van der Waals surface area contributed by atoms with Gasteiger partial charge in [0.25, 0.3) is 5.69 Å². The van der Waals surface area contributed by atoms with Gasteiger partial charge in [-0.05, 0) is 36.2 Å². The van der Waals surface area contributed by atoms with Crippen LogP contribution in [0.15, 0.2) is 22.8 Å². The molecular formula is C12H14BrN3O3. The van der Waals surface area contributed by atoms with Gasteiger partial charge in [-0.2, -0.15) is 5.10 Å². The summed E-state index contributed by atoms with van der Waals surface area (Å²) < 4.78 is 2.29. The molecule has 1 aromatic carbocycles. The molecule has 0 radical (unpaired) electrons. The fourth-order valence-corrected chi connectivity index (χ4v) is 2.28. The van der Waals surface area contributed by atoms with E-state index in [2.05, 4.69) is 21.0 Å². The highest BCUT2D eigenvalue weighted by atomic mass is 79.9. The monoisotopic (exact) mass is 327 g/mol. The Kier molecular flexibility index (Phi) is 3.60. The van der Waals surface area contributed by atoms with E-state index >= 15 is 0 Å². The van der Waals surface area contributed by atoms with Crippen LogP contribution in [0.3, 0.4) is 0 Å². The van der Waals surface area contributed by atoms with E-state index in [0.29, 0.717) is 28.3 Å². The van der Waals surface area contributed by atoms with E-state index in [1.807, 2.05) is 0 Å². The van der Waals surface area contributed by atoms with E-state index in [1.165, 1.54) is 12.1 Å². The zero-order chi connectivity index (χ0) is 14.2. The zero-order valence-corrected chi connectivity index (χ0v) is 12.2. The van der Waals surface area contributed by atoms with E-state index in [-0.39, 0.29) is 5.69 Å². The number of aromatic nitrogens is 2. The van der Waals surface area contributed by atoms with Crippen LogP contribution < -0.4 is 0 Å². The lowest BCUT2D eigenvalue weighted by atomic mass is 10.1. The summed E-state index contributed by atoms with van der Waals surface area (Å²) in [5.41, 5.74) is -0.0516. The molecule has 0 aliphatic rings. The van der Waals surface area contributed by atoms with Crippen molar-refractivity contribution in [1.82, 2.24) is 9.78 Å². The van der Waals surface area contributed by atoms with Gasteiger partial charge in [-0.25, -0.2) is 0 Å². The van der Waals surface area contributed by atoms with Crippen LogP contribution >= 0.6 is 15.9 Å². The van der Waals surface area contributed by atoms with Gasteiger partial charge in [-0.1, -0.05) is 0 Å². The summed E-state index contributed by atoms with van der Waals surface area (Å²) in [7, 11) is 0. The molecular weight excluding hydrogens is 314 g/mol. The quantitative estimate of drug-likeness (QED) is 0.691. The number of halogens is 1. The van der Waals surface area contributed by atoms with Gasteiger partial charge >= 0.3 is 0 Å². The minimum absolute atomic E-state index is 0.0291. The van der Waals surface area contributed by atoms with Gasteiger partial charge < -0.3 is 5.11 Å². The maximum atomic E-state index is 10.8. The Morgan fingerprint density at radius 1 is 1.53 bits per heavy atom. The summed E-state index contributed by atoms with van der Waals surface area (Å²) in [6.45, 7) is 4.02. The molecule has 0 amide bonds. The fraction of sp³-hybridized carbons (Fsp3) is 0.417. The third-order valence-electron chi connectivity index (χ3n) is 2.76. The Hall–Kier alpha value is -1.47. The van der Waals surface area contributed by atoms with Gasteiger partial charge in [0.05, 0.1) is 15.0 Å². The summed E-state index contributed by atoms with van der Waals surface area (Å²) in [5, 5.41) is 25.5. The van der Waals surface area contributed by atoms with Crippen LogP contribution in [0.1, 0.15) is 20.3 Å². The lowest BCUT2D eigenvalue weighted by Crippen LogP contribution is -2.21. The highest BCUT2D eigenvalue weighted by Crippen LogP contribution is 2.28. The van der Waals surface area contributed by atoms with Gasteiger partial charge in [0.2, 0.25) is 0 Å². The molecule has 0 fully saturated rings. The number of fused-ring (bicyclic) bond motifs is 1. The molecule has 1 heterocycles. The molecule has 0 aliphatic heterocycles. The number of rotatable bonds is 4. The van der Waals surface area contributed by atoms with E-state index in [0.717, 1.165) is 0 Å². The van der Waals surface area contributed by atoms with Crippen molar-refractivity contribution in [3.05, 3.63) is 32.9 Å². The van der Waals surface area contributed by atoms with Gasteiger partial charge in [-0.15, -0.1) is 0 Å². The maximum absolute atomic E-state index is 10.8. The van der Waals surface area contributed by atoms with Crippen LogP contribution in [0, 0.1) is 10.1 Å². The van der Waals surface area contributed by atoms with Gasteiger partial charge in [0.1, 0.15) is 5.52 Å². The molecule has 6 nitrogen and oxygen atoms in total. The van der Waals surface area contributed by atoms with Crippen LogP contribution in [-0.4, -0.2) is 25.4 Å². The SMILES string of the molecule is CC(C)(O)CCn1cc2cc([N+](=O)[O-])cc(Br)c2n1. The van der Waals surface area contributed by atoms with Crippen molar-refractivity contribution in [3.8, 4) is 0 Å². The Morgan fingerprint density at radius 2 is 2.21 bits per heavy atom. The average molecular weight is 328 g/mol. The molecule has 0 spiro atoms. The van der Waals surface area contributed by atoms with Crippen molar-refractivity contribution in [2.45, 2.75) is 32.4 Å². The molecule has 0 saturated heterocycles. The Labute approximate surface area is 118 Å². The summed E-state index contributed by atoms with van der Waals surface area (Å²) in [5.74, 6) is 0. The number of hydrogen-bond acceptors (Lipinski definition) is 4.